The Morgan fingerprint density at radius 2 is 2.19 bits per heavy atom. The zero-order valence-electron chi connectivity index (χ0n) is 18.0. The Kier molecular flexibility index (Phi) is 5.22. The van der Waals surface area contributed by atoms with Gasteiger partial charge < -0.3 is 15.7 Å². The molecular formula is C24H26N6O2. The minimum atomic E-state index is -0.000682. The third-order valence-corrected chi connectivity index (χ3v) is 6.04. The van der Waals surface area contributed by atoms with E-state index in [1.165, 1.54) is 0 Å². The van der Waals surface area contributed by atoms with E-state index in [4.69, 9.17) is 10.8 Å². The molecule has 32 heavy (non-hydrogen) atoms. The minimum Gasteiger partial charge on any atom is -0.396 e. The number of hydrogen-bond acceptors (Lipinski definition) is 6. The fourth-order valence-electron chi connectivity index (χ4n) is 4.18. The molecule has 0 saturated heterocycles. The highest BCUT2D eigenvalue weighted by molar-refractivity contribution is 6.10. The molecule has 0 atom stereocenters. The molecule has 0 bridgehead atoms. The molecule has 8 nitrogen and oxygen atoms in total. The largest absolute Gasteiger partial charge is 0.396 e. The summed E-state index contributed by atoms with van der Waals surface area (Å²) >= 11 is 0. The number of amides is 1. The van der Waals surface area contributed by atoms with Crippen molar-refractivity contribution in [2.75, 3.05) is 18.9 Å². The molecule has 1 aliphatic heterocycles. The van der Waals surface area contributed by atoms with Crippen molar-refractivity contribution in [1.29, 1.82) is 0 Å². The first kappa shape index (κ1) is 20.4. The zero-order chi connectivity index (χ0) is 22.2. The Balaban J connectivity index is 1.44. The number of carbonyl (C=O) groups excluding carboxylic acids is 1. The monoisotopic (exact) mass is 430 g/mol. The van der Waals surface area contributed by atoms with E-state index in [9.17, 15) is 4.79 Å². The van der Waals surface area contributed by atoms with Gasteiger partial charge in [0.15, 0.2) is 0 Å². The zero-order valence-corrected chi connectivity index (χ0v) is 18.0. The van der Waals surface area contributed by atoms with Crippen LogP contribution in [0.15, 0.2) is 52.8 Å². The lowest BCUT2D eigenvalue weighted by molar-refractivity contribution is 0.0758. The van der Waals surface area contributed by atoms with Crippen molar-refractivity contribution < 1.29 is 9.90 Å². The molecule has 1 saturated carbocycles. The Labute approximate surface area is 185 Å². The number of benzene rings is 1. The highest BCUT2D eigenvalue weighted by atomic mass is 16.2. The molecule has 5 rings (SSSR count). The molecule has 1 aromatic carbocycles. The van der Waals surface area contributed by atoms with Gasteiger partial charge in [-0.3, -0.25) is 14.5 Å². The van der Waals surface area contributed by atoms with Gasteiger partial charge in [-0.05, 0) is 49.5 Å². The molecule has 1 fully saturated rings. The Bertz CT molecular complexity index is 1300. The first-order valence-electron chi connectivity index (χ1n) is 10.9. The van der Waals surface area contributed by atoms with Crippen LogP contribution in [0.3, 0.4) is 0 Å². The van der Waals surface area contributed by atoms with E-state index in [0.29, 0.717) is 24.3 Å². The van der Waals surface area contributed by atoms with Crippen LogP contribution in [-0.2, 0) is 7.05 Å². The van der Waals surface area contributed by atoms with Crippen LogP contribution in [0.5, 0.6) is 0 Å². The number of pyridine rings is 1. The minimum absolute atomic E-state index is 0.000682. The SMILES string of the molecule is Cn1ncc2c(N)nc3ccc(C(=O)N(CC4=CCC(=CCCO)C=N4)C4CC4)cc3c21. The van der Waals surface area contributed by atoms with Gasteiger partial charge in [0, 0.05) is 36.9 Å². The van der Waals surface area contributed by atoms with Crippen LogP contribution in [0.25, 0.3) is 21.8 Å². The molecule has 0 radical (unpaired) electrons. The molecule has 0 unspecified atom stereocenters. The van der Waals surface area contributed by atoms with E-state index in [0.717, 1.165) is 52.3 Å². The fraction of sp³-hybridized carbons (Fsp3) is 0.333. The third-order valence-electron chi connectivity index (χ3n) is 6.04. The number of aliphatic hydroxyl groups excluding tert-OH is 1. The summed E-state index contributed by atoms with van der Waals surface area (Å²) in [6.45, 7) is 0.628. The normalized spacial score (nSPS) is 17.3. The summed E-state index contributed by atoms with van der Waals surface area (Å²) in [7, 11) is 1.86. The summed E-state index contributed by atoms with van der Waals surface area (Å²) in [4.78, 5) is 24.5. The van der Waals surface area contributed by atoms with Crippen molar-refractivity contribution in [3.05, 3.63) is 53.4 Å². The molecule has 164 valence electrons. The quantitative estimate of drug-likeness (QED) is 0.625. The molecule has 3 aromatic rings. The number of carbonyl (C=O) groups is 1. The van der Waals surface area contributed by atoms with Crippen LogP contribution in [0, 0.1) is 0 Å². The van der Waals surface area contributed by atoms with E-state index < -0.39 is 0 Å². The van der Waals surface area contributed by atoms with Gasteiger partial charge in [-0.1, -0.05) is 12.2 Å². The van der Waals surface area contributed by atoms with Crippen molar-refractivity contribution in [3.8, 4) is 0 Å². The van der Waals surface area contributed by atoms with E-state index in [-0.39, 0.29) is 18.6 Å². The number of nitrogens with zero attached hydrogens (tertiary/aromatic N) is 5. The molecule has 0 spiro atoms. The summed E-state index contributed by atoms with van der Waals surface area (Å²) in [5.74, 6) is 0.438. The number of rotatable bonds is 6. The standard InChI is InChI=1S/C24H26N6O2/c1-29-22-19-11-16(5-9-21(19)28-23(25)20(22)13-27-29)24(32)30(18-7-8-18)14-17-6-4-15(12-26-17)3-2-10-31/h3,5-6,9,11-13,18,31H,2,4,7-8,10,14H2,1H3,(H2,25,28). The van der Waals surface area contributed by atoms with Crippen LogP contribution >= 0.6 is 0 Å². The van der Waals surface area contributed by atoms with Gasteiger partial charge in [0.25, 0.3) is 5.91 Å². The summed E-state index contributed by atoms with van der Waals surface area (Å²) in [5.41, 5.74) is 10.3. The van der Waals surface area contributed by atoms with E-state index in [1.54, 1.807) is 10.9 Å². The summed E-state index contributed by atoms with van der Waals surface area (Å²) < 4.78 is 1.77. The number of anilines is 1. The molecule has 8 heteroatoms. The topological polar surface area (TPSA) is 110 Å². The maximum atomic E-state index is 13.5. The van der Waals surface area contributed by atoms with Gasteiger partial charge in [0.2, 0.25) is 0 Å². The van der Waals surface area contributed by atoms with Gasteiger partial charge in [0.1, 0.15) is 5.82 Å². The molecule has 2 aliphatic rings. The highest BCUT2D eigenvalue weighted by Crippen LogP contribution is 2.32. The number of nitrogen functional groups attached to an aromatic ring is 1. The van der Waals surface area contributed by atoms with Crippen LogP contribution < -0.4 is 5.73 Å². The van der Waals surface area contributed by atoms with Gasteiger partial charge >= 0.3 is 0 Å². The first-order valence-corrected chi connectivity index (χ1v) is 10.9. The highest BCUT2D eigenvalue weighted by Gasteiger charge is 2.33. The number of fused-ring (bicyclic) bond motifs is 3. The third kappa shape index (κ3) is 3.78. The fourth-order valence-corrected chi connectivity index (χ4v) is 4.18. The lowest BCUT2D eigenvalue weighted by Crippen LogP contribution is -2.34. The number of hydrogen-bond donors (Lipinski definition) is 2. The number of aryl methyl sites for hydroxylation is 1. The average Bonchev–Trinajstić information content (AvgIpc) is 3.57. The van der Waals surface area contributed by atoms with Crippen LogP contribution in [0.1, 0.15) is 36.0 Å². The van der Waals surface area contributed by atoms with Crippen molar-refractivity contribution in [2.24, 2.45) is 12.0 Å². The molecule has 3 N–H and O–H groups in total. The summed E-state index contributed by atoms with van der Waals surface area (Å²) in [6, 6.07) is 5.83. The smallest absolute Gasteiger partial charge is 0.254 e. The maximum Gasteiger partial charge on any atom is 0.254 e. The van der Waals surface area contributed by atoms with Gasteiger partial charge in [-0.25, -0.2) is 4.98 Å². The second-order valence-corrected chi connectivity index (χ2v) is 8.37. The van der Waals surface area contributed by atoms with Gasteiger partial charge in [0.05, 0.1) is 34.9 Å². The molecule has 1 aliphatic carbocycles. The molecule has 2 aromatic heterocycles. The lowest BCUT2D eigenvalue weighted by atomic mass is 10.1. The number of allylic oxidation sites excluding steroid dienone is 2. The number of aliphatic hydroxyl groups is 1. The Morgan fingerprint density at radius 3 is 2.91 bits per heavy atom. The second-order valence-electron chi connectivity index (χ2n) is 8.37. The van der Waals surface area contributed by atoms with Crippen molar-refractivity contribution >= 4 is 39.7 Å². The molecular weight excluding hydrogens is 404 g/mol. The number of nitrogens with two attached hydrogens (primary N) is 1. The average molecular weight is 431 g/mol. The summed E-state index contributed by atoms with van der Waals surface area (Å²) in [6.07, 6.45) is 11.0. The predicted molar refractivity (Wildman–Crippen MR) is 125 cm³/mol. The predicted octanol–water partition coefficient (Wildman–Crippen LogP) is 2.98. The molecule has 1 amide bonds. The first-order chi connectivity index (χ1) is 15.5. The maximum absolute atomic E-state index is 13.5. The van der Waals surface area contributed by atoms with Crippen LogP contribution in [0.2, 0.25) is 0 Å². The Morgan fingerprint density at radius 1 is 1.34 bits per heavy atom. The van der Waals surface area contributed by atoms with E-state index >= 15 is 0 Å². The number of aromatic nitrogens is 3. The van der Waals surface area contributed by atoms with Crippen LogP contribution in [0.4, 0.5) is 5.82 Å². The van der Waals surface area contributed by atoms with Crippen LogP contribution in [-0.4, -0.2) is 56.1 Å². The summed E-state index contributed by atoms with van der Waals surface area (Å²) in [5, 5.41) is 15.0. The van der Waals surface area contributed by atoms with Gasteiger partial charge in [-0.2, -0.15) is 5.10 Å². The Hall–Kier alpha value is -3.52. The van der Waals surface area contributed by atoms with E-state index in [1.807, 2.05) is 42.4 Å². The number of aliphatic imine (C=N–C) groups is 1. The second kappa shape index (κ2) is 8.20. The van der Waals surface area contributed by atoms with Crippen molar-refractivity contribution in [2.45, 2.75) is 31.7 Å². The van der Waals surface area contributed by atoms with E-state index in [2.05, 4.69) is 21.2 Å². The van der Waals surface area contributed by atoms with Crippen molar-refractivity contribution in [1.82, 2.24) is 19.7 Å². The van der Waals surface area contributed by atoms with Gasteiger partial charge in [-0.15, -0.1) is 0 Å². The lowest BCUT2D eigenvalue weighted by Gasteiger charge is -2.24. The van der Waals surface area contributed by atoms with Crippen molar-refractivity contribution in [3.63, 3.8) is 0 Å². The molecule has 3 heterocycles.